The van der Waals surface area contributed by atoms with E-state index in [1.807, 2.05) is 30.0 Å². The molecule has 1 amide bonds. The molecule has 0 saturated carbocycles. The van der Waals surface area contributed by atoms with Crippen LogP contribution in [0.25, 0.3) is 0 Å². The third-order valence-electron chi connectivity index (χ3n) is 5.89. The lowest BCUT2D eigenvalue weighted by molar-refractivity contribution is -0.0601. The number of piperidine rings is 2. The first-order valence-corrected chi connectivity index (χ1v) is 8.76. The van der Waals surface area contributed by atoms with E-state index in [4.69, 9.17) is 4.74 Å². The van der Waals surface area contributed by atoms with Crippen LogP contribution in [0.3, 0.4) is 0 Å². The third kappa shape index (κ3) is 2.91. The lowest BCUT2D eigenvalue weighted by atomic mass is 9.69. The van der Waals surface area contributed by atoms with E-state index >= 15 is 0 Å². The summed E-state index contributed by atoms with van der Waals surface area (Å²) in [6, 6.07) is 5.94. The fraction of sp³-hybridized carbons (Fsp3) is 0.632. The number of benzene rings is 1. The molecule has 2 fully saturated rings. The zero-order valence-corrected chi connectivity index (χ0v) is 14.9. The van der Waals surface area contributed by atoms with E-state index in [2.05, 4.69) is 11.9 Å². The first-order valence-electron chi connectivity index (χ1n) is 8.76. The number of ether oxygens (including phenoxy) is 1. The molecule has 0 bridgehead atoms. The number of aryl methyl sites for hydroxylation is 1. The van der Waals surface area contributed by atoms with Crippen molar-refractivity contribution in [3.05, 3.63) is 29.3 Å². The van der Waals surface area contributed by atoms with E-state index in [0.29, 0.717) is 24.4 Å². The maximum atomic E-state index is 13.0. The summed E-state index contributed by atoms with van der Waals surface area (Å²) in [5, 5.41) is 10.00. The van der Waals surface area contributed by atoms with Gasteiger partial charge in [-0.15, -0.1) is 0 Å². The average Bonchev–Trinajstić information content (AvgIpc) is 2.61. The van der Waals surface area contributed by atoms with Gasteiger partial charge in [-0.3, -0.25) is 4.79 Å². The molecule has 1 N–H and O–H groups in total. The van der Waals surface area contributed by atoms with Crippen LogP contribution in [0, 0.1) is 12.3 Å². The first kappa shape index (κ1) is 17.2. The number of amides is 1. The SMILES string of the molecule is COc1cc(C)ccc1C(=O)N1CC[C@@]2(CO)CCCN(C)[C@@H]2C1. The lowest BCUT2D eigenvalue weighted by Gasteiger charge is -2.53. The van der Waals surface area contributed by atoms with Crippen LogP contribution in [0.1, 0.15) is 35.2 Å². The Bertz CT molecular complexity index is 619. The van der Waals surface area contributed by atoms with Gasteiger partial charge in [-0.1, -0.05) is 6.07 Å². The highest BCUT2D eigenvalue weighted by molar-refractivity contribution is 5.97. The lowest BCUT2D eigenvalue weighted by Crippen LogP contribution is -2.62. The molecule has 132 valence electrons. The van der Waals surface area contributed by atoms with Crippen LogP contribution in [0.2, 0.25) is 0 Å². The fourth-order valence-electron chi connectivity index (χ4n) is 4.35. The Labute approximate surface area is 144 Å². The van der Waals surface area contributed by atoms with Gasteiger partial charge in [0, 0.05) is 24.5 Å². The number of hydrogen-bond donors (Lipinski definition) is 1. The largest absolute Gasteiger partial charge is 0.496 e. The minimum absolute atomic E-state index is 0.0253. The predicted molar refractivity (Wildman–Crippen MR) is 93.4 cm³/mol. The van der Waals surface area contributed by atoms with Crippen molar-refractivity contribution in [2.24, 2.45) is 5.41 Å². The second-order valence-electron chi connectivity index (χ2n) is 7.33. The molecule has 1 aromatic rings. The standard InChI is InChI=1S/C19H28N2O3/c1-14-5-6-15(16(11-14)24-3)18(23)21-10-8-19(13-22)7-4-9-20(2)17(19)12-21/h5-6,11,17,22H,4,7-10,12-13H2,1-3H3/t17-,19-/m1/s1. The second-order valence-corrected chi connectivity index (χ2v) is 7.33. The van der Waals surface area contributed by atoms with Crippen molar-refractivity contribution in [2.45, 2.75) is 32.2 Å². The quantitative estimate of drug-likeness (QED) is 0.919. The van der Waals surface area contributed by atoms with Crippen molar-refractivity contribution < 1.29 is 14.6 Å². The van der Waals surface area contributed by atoms with Crippen molar-refractivity contribution in [3.8, 4) is 5.75 Å². The highest BCUT2D eigenvalue weighted by Gasteiger charge is 2.47. The van der Waals surface area contributed by atoms with Gasteiger partial charge in [0.2, 0.25) is 0 Å². The van der Waals surface area contributed by atoms with E-state index in [1.165, 1.54) is 0 Å². The van der Waals surface area contributed by atoms with Crippen LogP contribution in [0.15, 0.2) is 18.2 Å². The van der Waals surface area contributed by atoms with Crippen molar-refractivity contribution in [2.75, 3.05) is 40.4 Å². The molecule has 24 heavy (non-hydrogen) atoms. The number of aliphatic hydroxyl groups excluding tert-OH is 1. The molecular formula is C19H28N2O3. The maximum absolute atomic E-state index is 13.0. The van der Waals surface area contributed by atoms with Crippen molar-refractivity contribution >= 4 is 5.91 Å². The Morgan fingerprint density at radius 2 is 2.17 bits per heavy atom. The molecule has 0 aliphatic carbocycles. The highest BCUT2D eigenvalue weighted by Crippen LogP contribution is 2.42. The van der Waals surface area contributed by atoms with E-state index in [1.54, 1.807) is 7.11 Å². The summed E-state index contributed by atoms with van der Waals surface area (Å²) in [5.41, 5.74) is 1.65. The van der Waals surface area contributed by atoms with Gasteiger partial charge >= 0.3 is 0 Å². The normalized spacial score (nSPS) is 27.7. The molecule has 0 unspecified atom stereocenters. The zero-order chi connectivity index (χ0) is 17.3. The summed E-state index contributed by atoms with van der Waals surface area (Å²) < 4.78 is 5.41. The molecule has 2 aliphatic heterocycles. The number of carbonyl (C=O) groups is 1. The van der Waals surface area contributed by atoms with Crippen molar-refractivity contribution in [1.82, 2.24) is 9.80 Å². The van der Waals surface area contributed by atoms with E-state index in [0.717, 1.165) is 31.4 Å². The fourth-order valence-corrected chi connectivity index (χ4v) is 4.35. The molecule has 5 heteroatoms. The van der Waals surface area contributed by atoms with Gasteiger partial charge in [-0.2, -0.15) is 0 Å². The number of rotatable bonds is 3. The second kappa shape index (κ2) is 6.73. The van der Waals surface area contributed by atoms with Gasteiger partial charge in [0.25, 0.3) is 5.91 Å². The van der Waals surface area contributed by atoms with E-state index in [-0.39, 0.29) is 24.0 Å². The summed E-state index contributed by atoms with van der Waals surface area (Å²) in [6.07, 6.45) is 3.03. The molecule has 3 rings (SSSR count). The van der Waals surface area contributed by atoms with Crippen molar-refractivity contribution in [3.63, 3.8) is 0 Å². The first-order chi connectivity index (χ1) is 11.5. The Kier molecular flexibility index (Phi) is 4.83. The Morgan fingerprint density at radius 1 is 1.38 bits per heavy atom. The average molecular weight is 332 g/mol. The van der Waals surface area contributed by atoms with Crippen LogP contribution in [0.4, 0.5) is 0 Å². The molecule has 2 atom stereocenters. The topological polar surface area (TPSA) is 53.0 Å². The summed E-state index contributed by atoms with van der Waals surface area (Å²) in [6.45, 7) is 4.60. The molecule has 2 heterocycles. The molecular weight excluding hydrogens is 304 g/mol. The number of likely N-dealkylation sites (N-methyl/N-ethyl adjacent to an activating group) is 1. The molecule has 0 aromatic heterocycles. The number of aliphatic hydroxyl groups is 1. The summed E-state index contributed by atoms with van der Waals surface area (Å²) in [4.78, 5) is 17.3. The molecule has 0 spiro atoms. The Morgan fingerprint density at radius 3 is 2.88 bits per heavy atom. The van der Waals surface area contributed by atoms with Crippen LogP contribution in [-0.2, 0) is 0 Å². The molecule has 5 nitrogen and oxygen atoms in total. The number of methoxy groups -OCH3 is 1. The van der Waals surface area contributed by atoms with Gasteiger partial charge < -0.3 is 19.6 Å². The Hall–Kier alpha value is -1.59. The predicted octanol–water partition coefficient (Wildman–Crippen LogP) is 1.92. The van der Waals surface area contributed by atoms with E-state index < -0.39 is 0 Å². The van der Waals surface area contributed by atoms with E-state index in [9.17, 15) is 9.90 Å². The summed E-state index contributed by atoms with van der Waals surface area (Å²) in [7, 11) is 3.71. The number of fused-ring (bicyclic) bond motifs is 1. The smallest absolute Gasteiger partial charge is 0.257 e. The molecule has 0 radical (unpaired) electrons. The van der Waals surface area contributed by atoms with Gasteiger partial charge in [0.1, 0.15) is 5.75 Å². The number of nitrogens with zero attached hydrogens (tertiary/aromatic N) is 2. The third-order valence-corrected chi connectivity index (χ3v) is 5.89. The minimum Gasteiger partial charge on any atom is -0.496 e. The van der Waals surface area contributed by atoms with Gasteiger partial charge in [0.15, 0.2) is 0 Å². The highest BCUT2D eigenvalue weighted by atomic mass is 16.5. The summed E-state index contributed by atoms with van der Waals surface area (Å²) in [5.74, 6) is 0.661. The molecule has 1 aromatic carbocycles. The monoisotopic (exact) mass is 332 g/mol. The van der Waals surface area contributed by atoms with Crippen molar-refractivity contribution in [1.29, 1.82) is 0 Å². The van der Waals surface area contributed by atoms with Crippen LogP contribution in [0.5, 0.6) is 5.75 Å². The molecule has 2 aliphatic rings. The zero-order valence-electron chi connectivity index (χ0n) is 14.9. The van der Waals surface area contributed by atoms with Crippen LogP contribution in [-0.4, -0.2) is 67.3 Å². The molecule has 2 saturated heterocycles. The number of hydrogen-bond acceptors (Lipinski definition) is 4. The van der Waals surface area contributed by atoms with Gasteiger partial charge in [-0.25, -0.2) is 0 Å². The number of carbonyl (C=O) groups excluding carboxylic acids is 1. The van der Waals surface area contributed by atoms with Crippen LogP contribution >= 0.6 is 0 Å². The van der Waals surface area contributed by atoms with Gasteiger partial charge in [0.05, 0.1) is 19.3 Å². The number of likely N-dealkylation sites (tertiary alicyclic amines) is 2. The summed E-state index contributed by atoms with van der Waals surface area (Å²) >= 11 is 0. The minimum atomic E-state index is -0.0544. The Balaban J connectivity index is 1.83. The van der Waals surface area contributed by atoms with Crippen LogP contribution < -0.4 is 4.74 Å². The van der Waals surface area contributed by atoms with Gasteiger partial charge in [-0.05, 0) is 57.5 Å². The maximum Gasteiger partial charge on any atom is 0.257 e.